The predicted octanol–water partition coefficient (Wildman–Crippen LogP) is 2.53. The lowest BCUT2D eigenvalue weighted by molar-refractivity contribution is 0.408. The SMILES string of the molecule is CCn1cc(C2CCCCCC2CN)cn1. The van der Waals surface area contributed by atoms with Gasteiger partial charge in [0.2, 0.25) is 0 Å². The van der Waals surface area contributed by atoms with E-state index in [4.69, 9.17) is 5.73 Å². The fraction of sp³-hybridized carbons (Fsp3) is 0.769. The van der Waals surface area contributed by atoms with E-state index in [1.165, 1.54) is 37.7 Å². The van der Waals surface area contributed by atoms with E-state index in [-0.39, 0.29) is 0 Å². The number of nitrogens with zero attached hydrogens (tertiary/aromatic N) is 2. The van der Waals surface area contributed by atoms with Crippen LogP contribution in [0.25, 0.3) is 0 Å². The zero-order valence-corrected chi connectivity index (χ0v) is 10.2. The van der Waals surface area contributed by atoms with Crippen molar-refractivity contribution < 1.29 is 0 Å². The van der Waals surface area contributed by atoms with E-state index in [1.54, 1.807) is 0 Å². The van der Waals surface area contributed by atoms with Crippen LogP contribution in [0.15, 0.2) is 12.4 Å². The van der Waals surface area contributed by atoms with Gasteiger partial charge in [0, 0.05) is 12.7 Å². The van der Waals surface area contributed by atoms with Crippen LogP contribution in [0.4, 0.5) is 0 Å². The van der Waals surface area contributed by atoms with Gasteiger partial charge < -0.3 is 5.73 Å². The summed E-state index contributed by atoms with van der Waals surface area (Å²) in [5, 5.41) is 4.39. The molecule has 2 N–H and O–H groups in total. The highest BCUT2D eigenvalue weighted by Crippen LogP contribution is 2.35. The first-order valence-electron chi connectivity index (χ1n) is 6.57. The van der Waals surface area contributed by atoms with Crippen molar-refractivity contribution in [1.29, 1.82) is 0 Å². The molecule has 0 radical (unpaired) electrons. The van der Waals surface area contributed by atoms with Crippen LogP contribution in [0.2, 0.25) is 0 Å². The minimum Gasteiger partial charge on any atom is -0.330 e. The van der Waals surface area contributed by atoms with Gasteiger partial charge in [0.25, 0.3) is 0 Å². The van der Waals surface area contributed by atoms with Gasteiger partial charge in [-0.15, -0.1) is 0 Å². The van der Waals surface area contributed by atoms with Crippen LogP contribution in [0, 0.1) is 5.92 Å². The summed E-state index contributed by atoms with van der Waals surface area (Å²) in [4.78, 5) is 0. The maximum absolute atomic E-state index is 5.91. The van der Waals surface area contributed by atoms with Crippen molar-refractivity contribution >= 4 is 0 Å². The zero-order chi connectivity index (χ0) is 11.4. The molecule has 1 aromatic heterocycles. The molecule has 0 saturated heterocycles. The van der Waals surface area contributed by atoms with Gasteiger partial charge in [-0.3, -0.25) is 4.68 Å². The maximum Gasteiger partial charge on any atom is 0.0524 e. The van der Waals surface area contributed by atoms with Crippen LogP contribution < -0.4 is 5.73 Å². The van der Waals surface area contributed by atoms with Gasteiger partial charge in [0.1, 0.15) is 0 Å². The third kappa shape index (κ3) is 2.46. The smallest absolute Gasteiger partial charge is 0.0524 e. The zero-order valence-electron chi connectivity index (χ0n) is 10.2. The Labute approximate surface area is 98.0 Å². The van der Waals surface area contributed by atoms with Crippen LogP contribution in [0.5, 0.6) is 0 Å². The largest absolute Gasteiger partial charge is 0.330 e. The van der Waals surface area contributed by atoms with Crippen molar-refractivity contribution in [3.05, 3.63) is 18.0 Å². The average Bonchev–Trinajstić information content (AvgIpc) is 2.66. The molecule has 1 aliphatic carbocycles. The van der Waals surface area contributed by atoms with Crippen LogP contribution in [-0.4, -0.2) is 16.3 Å². The standard InChI is InChI=1S/C13H23N3/c1-2-16-10-12(9-15-16)13-7-5-3-4-6-11(13)8-14/h9-11,13H,2-8,14H2,1H3. The van der Waals surface area contributed by atoms with E-state index >= 15 is 0 Å². The molecule has 1 saturated carbocycles. The summed E-state index contributed by atoms with van der Waals surface area (Å²) in [6, 6.07) is 0. The Balaban J connectivity index is 2.14. The van der Waals surface area contributed by atoms with Crippen LogP contribution in [0.1, 0.15) is 50.5 Å². The van der Waals surface area contributed by atoms with Crippen molar-refractivity contribution in [3.63, 3.8) is 0 Å². The molecule has 2 atom stereocenters. The van der Waals surface area contributed by atoms with Crippen molar-refractivity contribution in [2.24, 2.45) is 11.7 Å². The van der Waals surface area contributed by atoms with Crippen LogP contribution in [0.3, 0.4) is 0 Å². The highest BCUT2D eigenvalue weighted by atomic mass is 15.3. The summed E-state index contributed by atoms with van der Waals surface area (Å²) in [5.41, 5.74) is 7.31. The molecule has 3 heteroatoms. The van der Waals surface area contributed by atoms with Gasteiger partial charge in [0.05, 0.1) is 6.20 Å². The molecule has 0 spiro atoms. The van der Waals surface area contributed by atoms with Gasteiger partial charge in [-0.25, -0.2) is 0 Å². The number of rotatable bonds is 3. The molecule has 1 aromatic rings. The van der Waals surface area contributed by atoms with E-state index in [1.807, 2.05) is 10.9 Å². The van der Waals surface area contributed by atoms with Gasteiger partial charge in [-0.05, 0) is 43.7 Å². The summed E-state index contributed by atoms with van der Waals surface area (Å²) in [6.07, 6.45) is 10.9. The summed E-state index contributed by atoms with van der Waals surface area (Å²) in [5.74, 6) is 1.31. The van der Waals surface area contributed by atoms with Crippen LogP contribution >= 0.6 is 0 Å². The molecule has 0 aliphatic heterocycles. The number of hydrogen-bond acceptors (Lipinski definition) is 2. The molecular weight excluding hydrogens is 198 g/mol. The molecule has 2 unspecified atom stereocenters. The van der Waals surface area contributed by atoms with Crippen molar-refractivity contribution in [2.45, 2.75) is 51.5 Å². The van der Waals surface area contributed by atoms with Gasteiger partial charge in [-0.2, -0.15) is 5.10 Å². The molecule has 0 amide bonds. The summed E-state index contributed by atoms with van der Waals surface area (Å²) >= 11 is 0. The van der Waals surface area contributed by atoms with E-state index < -0.39 is 0 Å². The summed E-state index contributed by atoms with van der Waals surface area (Å²) < 4.78 is 2.02. The third-order valence-corrected chi connectivity index (χ3v) is 3.87. The lowest BCUT2D eigenvalue weighted by atomic mass is 9.84. The molecule has 1 aliphatic rings. The number of aryl methyl sites for hydroxylation is 1. The molecule has 2 rings (SSSR count). The van der Waals surface area contributed by atoms with E-state index in [2.05, 4.69) is 18.2 Å². The normalized spacial score (nSPS) is 26.6. The summed E-state index contributed by atoms with van der Waals surface area (Å²) in [6.45, 7) is 3.91. The molecule has 0 aromatic carbocycles. The van der Waals surface area contributed by atoms with Crippen molar-refractivity contribution in [2.75, 3.05) is 6.54 Å². The maximum atomic E-state index is 5.91. The number of nitrogens with two attached hydrogens (primary N) is 1. The monoisotopic (exact) mass is 221 g/mol. The van der Waals surface area contributed by atoms with Gasteiger partial charge >= 0.3 is 0 Å². The van der Waals surface area contributed by atoms with E-state index in [9.17, 15) is 0 Å². The Morgan fingerprint density at radius 2 is 2.19 bits per heavy atom. The fourth-order valence-electron chi connectivity index (χ4n) is 2.85. The second kappa shape index (κ2) is 5.48. The molecule has 1 fully saturated rings. The average molecular weight is 221 g/mol. The molecule has 0 bridgehead atoms. The lowest BCUT2D eigenvalue weighted by Crippen LogP contribution is -2.20. The van der Waals surface area contributed by atoms with Crippen molar-refractivity contribution in [3.8, 4) is 0 Å². The first-order valence-corrected chi connectivity index (χ1v) is 6.57. The molecule has 90 valence electrons. The Hall–Kier alpha value is -0.830. The second-order valence-electron chi connectivity index (χ2n) is 4.87. The highest BCUT2D eigenvalue weighted by Gasteiger charge is 2.24. The van der Waals surface area contributed by atoms with Crippen molar-refractivity contribution in [1.82, 2.24) is 9.78 Å². The Morgan fingerprint density at radius 3 is 2.88 bits per heavy atom. The quantitative estimate of drug-likeness (QED) is 0.797. The van der Waals surface area contributed by atoms with Crippen LogP contribution in [-0.2, 0) is 6.54 Å². The topological polar surface area (TPSA) is 43.8 Å². The minimum absolute atomic E-state index is 0.646. The van der Waals surface area contributed by atoms with E-state index in [0.29, 0.717) is 11.8 Å². The Bertz CT molecular complexity index is 319. The summed E-state index contributed by atoms with van der Waals surface area (Å²) in [7, 11) is 0. The van der Waals surface area contributed by atoms with E-state index in [0.717, 1.165) is 13.1 Å². The number of aromatic nitrogens is 2. The Kier molecular flexibility index (Phi) is 3.99. The first-order chi connectivity index (χ1) is 7.85. The predicted molar refractivity (Wildman–Crippen MR) is 66.3 cm³/mol. The van der Waals surface area contributed by atoms with Gasteiger partial charge in [-0.1, -0.05) is 19.3 Å². The Morgan fingerprint density at radius 1 is 1.38 bits per heavy atom. The molecule has 1 heterocycles. The molecule has 3 nitrogen and oxygen atoms in total. The molecule has 16 heavy (non-hydrogen) atoms. The van der Waals surface area contributed by atoms with Gasteiger partial charge in [0.15, 0.2) is 0 Å². The highest BCUT2D eigenvalue weighted by molar-refractivity contribution is 5.13. The first kappa shape index (κ1) is 11.6. The second-order valence-corrected chi connectivity index (χ2v) is 4.87. The third-order valence-electron chi connectivity index (χ3n) is 3.87. The minimum atomic E-state index is 0.646. The lowest BCUT2D eigenvalue weighted by Gasteiger charge is -2.22. The molecular formula is C13H23N3. The fourth-order valence-corrected chi connectivity index (χ4v) is 2.85. The number of hydrogen-bond donors (Lipinski definition) is 1.